The highest BCUT2D eigenvalue weighted by atomic mass is 32.2. The van der Waals surface area contributed by atoms with Crippen LogP contribution in [-0.4, -0.2) is 48.6 Å². The van der Waals surface area contributed by atoms with Gasteiger partial charge in [-0.1, -0.05) is 36.4 Å². The topological polar surface area (TPSA) is 74.8 Å². The van der Waals surface area contributed by atoms with Gasteiger partial charge in [0.2, 0.25) is 21.8 Å². The van der Waals surface area contributed by atoms with Gasteiger partial charge in [-0.05, 0) is 48.2 Å². The number of benzene rings is 2. The number of carbonyl (C=O) groups is 2. The third kappa shape index (κ3) is 3.30. The van der Waals surface area contributed by atoms with Gasteiger partial charge in [0.05, 0.1) is 22.8 Å². The molecule has 2 aromatic rings. The summed E-state index contributed by atoms with van der Waals surface area (Å²) in [5, 5.41) is 0. The minimum Gasteiger partial charge on any atom is -0.276 e. The van der Waals surface area contributed by atoms with Crippen LogP contribution >= 0.6 is 0 Å². The van der Waals surface area contributed by atoms with Crippen LogP contribution in [0.15, 0.2) is 65.6 Å². The summed E-state index contributed by atoms with van der Waals surface area (Å²) in [7, 11) is -3.72. The molecule has 0 saturated carbocycles. The van der Waals surface area contributed by atoms with E-state index in [-0.39, 0.29) is 47.5 Å². The van der Waals surface area contributed by atoms with E-state index in [0.29, 0.717) is 12.8 Å². The van der Waals surface area contributed by atoms with Gasteiger partial charge in [0.1, 0.15) is 5.82 Å². The molecule has 0 spiro atoms. The fourth-order valence-electron chi connectivity index (χ4n) is 4.57. The third-order valence-corrected chi connectivity index (χ3v) is 8.25. The summed E-state index contributed by atoms with van der Waals surface area (Å²) in [5.41, 5.74) is 1.57. The number of allylic oxidation sites excluding steroid dienone is 2. The van der Waals surface area contributed by atoms with Crippen molar-refractivity contribution in [3.05, 3.63) is 66.5 Å². The molecular formula is C23H21FN2O4S. The van der Waals surface area contributed by atoms with Gasteiger partial charge < -0.3 is 0 Å². The Balaban J connectivity index is 1.28. The average molecular weight is 440 g/mol. The number of hydrogen-bond donors (Lipinski definition) is 0. The molecule has 1 aliphatic carbocycles. The van der Waals surface area contributed by atoms with Crippen molar-refractivity contribution in [2.24, 2.45) is 11.8 Å². The largest absolute Gasteiger partial charge is 0.276 e. The molecule has 0 radical (unpaired) electrons. The van der Waals surface area contributed by atoms with Gasteiger partial charge in [0.25, 0.3) is 0 Å². The maximum absolute atomic E-state index is 13.1. The normalized spacial score (nSPS) is 24.4. The van der Waals surface area contributed by atoms with E-state index in [1.165, 1.54) is 33.5 Å². The molecule has 2 saturated heterocycles. The van der Waals surface area contributed by atoms with E-state index >= 15 is 0 Å². The number of imide groups is 1. The average Bonchev–Trinajstić information content (AvgIpc) is 2.99. The van der Waals surface area contributed by atoms with Crippen molar-refractivity contribution in [1.29, 1.82) is 0 Å². The first-order chi connectivity index (χ1) is 14.9. The van der Waals surface area contributed by atoms with E-state index in [1.54, 1.807) is 24.3 Å². The number of sulfonamides is 1. The Morgan fingerprint density at radius 1 is 0.774 bits per heavy atom. The third-order valence-electron chi connectivity index (χ3n) is 6.41. The fraction of sp³-hybridized carbons (Fsp3) is 0.304. The first-order valence-electron chi connectivity index (χ1n) is 10.2. The van der Waals surface area contributed by atoms with E-state index in [4.69, 9.17) is 0 Å². The Morgan fingerprint density at radius 2 is 1.26 bits per heavy atom. The number of carbonyl (C=O) groups excluding carboxylic acids is 2. The number of halogens is 1. The molecule has 2 amide bonds. The molecule has 2 atom stereocenters. The van der Waals surface area contributed by atoms with Crippen LogP contribution in [-0.2, 0) is 19.6 Å². The number of fused-ring (bicyclic) bond motifs is 1. The Bertz CT molecular complexity index is 1140. The van der Waals surface area contributed by atoms with Crippen molar-refractivity contribution in [2.75, 3.05) is 13.1 Å². The maximum atomic E-state index is 13.1. The zero-order valence-corrected chi connectivity index (χ0v) is 17.5. The van der Waals surface area contributed by atoms with E-state index in [9.17, 15) is 22.4 Å². The first-order valence-corrected chi connectivity index (χ1v) is 11.7. The molecule has 0 aromatic heterocycles. The van der Waals surface area contributed by atoms with Crippen molar-refractivity contribution >= 4 is 21.8 Å². The Morgan fingerprint density at radius 3 is 1.77 bits per heavy atom. The van der Waals surface area contributed by atoms with Crippen molar-refractivity contribution in [3.8, 4) is 11.1 Å². The molecular weight excluding hydrogens is 419 g/mol. The van der Waals surface area contributed by atoms with Crippen LogP contribution in [0, 0.1) is 17.7 Å². The van der Waals surface area contributed by atoms with Gasteiger partial charge in [-0.25, -0.2) is 12.8 Å². The smallest absolute Gasteiger partial charge is 0.243 e. The molecule has 2 heterocycles. The standard InChI is InChI=1S/C23H21FN2O4S/c24-17-9-5-15(6-10-17)16-7-11-19(12-8-16)31(29,30)25-13-18(14-25)26-22(27)20-3-1-2-4-21(20)23(26)28/h1-2,5-12,18,20-21H,3-4,13-14H2. The fourth-order valence-corrected chi connectivity index (χ4v) is 6.09. The summed E-state index contributed by atoms with van der Waals surface area (Å²) >= 11 is 0. The maximum Gasteiger partial charge on any atom is 0.243 e. The zero-order valence-electron chi connectivity index (χ0n) is 16.6. The van der Waals surface area contributed by atoms with Gasteiger partial charge >= 0.3 is 0 Å². The lowest BCUT2D eigenvalue weighted by atomic mass is 9.85. The Kier molecular flexibility index (Phi) is 4.79. The predicted octanol–water partition coefficient (Wildman–Crippen LogP) is 2.82. The van der Waals surface area contributed by atoms with Crippen LogP contribution in [0.4, 0.5) is 4.39 Å². The Labute approximate surface area is 180 Å². The minimum absolute atomic E-state index is 0.117. The van der Waals surface area contributed by atoms with Crippen LogP contribution in [0.3, 0.4) is 0 Å². The highest BCUT2D eigenvalue weighted by molar-refractivity contribution is 7.89. The van der Waals surface area contributed by atoms with E-state index in [2.05, 4.69) is 0 Å². The van der Waals surface area contributed by atoms with Crippen LogP contribution in [0.25, 0.3) is 11.1 Å². The molecule has 2 aromatic carbocycles. The lowest BCUT2D eigenvalue weighted by Gasteiger charge is -2.42. The van der Waals surface area contributed by atoms with Gasteiger partial charge in [-0.2, -0.15) is 4.31 Å². The monoisotopic (exact) mass is 440 g/mol. The minimum atomic E-state index is -3.72. The summed E-state index contributed by atoms with van der Waals surface area (Å²) in [6.07, 6.45) is 5.01. The molecule has 31 heavy (non-hydrogen) atoms. The highest BCUT2D eigenvalue weighted by Crippen LogP contribution is 2.38. The number of rotatable bonds is 4. The van der Waals surface area contributed by atoms with Crippen molar-refractivity contribution in [1.82, 2.24) is 9.21 Å². The molecule has 6 nitrogen and oxygen atoms in total. The number of amides is 2. The van der Waals surface area contributed by atoms with Crippen LogP contribution in [0.2, 0.25) is 0 Å². The van der Waals surface area contributed by atoms with Crippen LogP contribution in [0.5, 0.6) is 0 Å². The Hall–Kier alpha value is -2.84. The number of likely N-dealkylation sites (tertiary alicyclic amines) is 1. The second-order valence-corrected chi connectivity index (χ2v) is 10.1. The molecule has 3 aliphatic rings. The zero-order chi connectivity index (χ0) is 21.8. The molecule has 0 N–H and O–H groups in total. The second kappa shape index (κ2) is 7.39. The van der Waals surface area contributed by atoms with Crippen molar-refractivity contribution < 1.29 is 22.4 Å². The number of nitrogens with zero attached hydrogens (tertiary/aromatic N) is 2. The summed E-state index contributed by atoms with van der Waals surface area (Å²) in [6, 6.07) is 12.0. The van der Waals surface area contributed by atoms with Crippen molar-refractivity contribution in [2.45, 2.75) is 23.8 Å². The van der Waals surface area contributed by atoms with Crippen LogP contribution in [0.1, 0.15) is 12.8 Å². The molecule has 0 bridgehead atoms. The van der Waals surface area contributed by atoms with E-state index < -0.39 is 16.1 Å². The molecule has 2 fully saturated rings. The number of hydrogen-bond acceptors (Lipinski definition) is 4. The summed E-state index contributed by atoms with van der Waals surface area (Å²) < 4.78 is 40.3. The molecule has 2 unspecified atom stereocenters. The van der Waals surface area contributed by atoms with Gasteiger partial charge in [-0.3, -0.25) is 14.5 Å². The SMILES string of the molecule is O=C1C2CC=CCC2C(=O)N1C1CN(S(=O)(=O)c2ccc(-c3ccc(F)cc3)cc2)C1. The van der Waals surface area contributed by atoms with E-state index in [0.717, 1.165) is 11.1 Å². The molecule has 2 aliphatic heterocycles. The predicted molar refractivity (Wildman–Crippen MR) is 112 cm³/mol. The quantitative estimate of drug-likeness (QED) is 0.541. The van der Waals surface area contributed by atoms with Crippen LogP contribution < -0.4 is 0 Å². The van der Waals surface area contributed by atoms with Crippen molar-refractivity contribution in [3.63, 3.8) is 0 Å². The van der Waals surface area contributed by atoms with Gasteiger partial charge in [0, 0.05) is 13.1 Å². The lowest BCUT2D eigenvalue weighted by Crippen LogP contribution is -2.62. The van der Waals surface area contributed by atoms with Gasteiger partial charge in [0.15, 0.2) is 0 Å². The molecule has 5 rings (SSSR count). The summed E-state index contributed by atoms with van der Waals surface area (Å²) in [6.45, 7) is 0.235. The lowest BCUT2D eigenvalue weighted by molar-refractivity contribution is -0.145. The first kappa shape index (κ1) is 20.1. The van der Waals surface area contributed by atoms with E-state index in [1.807, 2.05) is 12.2 Å². The second-order valence-electron chi connectivity index (χ2n) is 8.21. The highest BCUT2D eigenvalue weighted by Gasteiger charge is 2.53. The van der Waals surface area contributed by atoms with Gasteiger partial charge in [-0.15, -0.1) is 0 Å². The molecule has 8 heteroatoms. The molecule has 160 valence electrons. The summed E-state index contributed by atoms with van der Waals surface area (Å²) in [5.74, 6) is -1.29. The summed E-state index contributed by atoms with van der Waals surface area (Å²) in [4.78, 5) is 26.8.